The summed E-state index contributed by atoms with van der Waals surface area (Å²) < 4.78 is 36.9. The van der Waals surface area contributed by atoms with E-state index >= 15 is 0 Å². The van der Waals surface area contributed by atoms with E-state index in [1.807, 2.05) is 0 Å². The molecule has 1 aromatic rings. The van der Waals surface area contributed by atoms with Crippen molar-refractivity contribution in [2.75, 3.05) is 6.54 Å². The maximum absolute atomic E-state index is 12.3. The van der Waals surface area contributed by atoms with Crippen LogP contribution in [0.2, 0.25) is 0 Å². The van der Waals surface area contributed by atoms with E-state index in [2.05, 4.69) is 10.3 Å². The second-order valence-electron chi connectivity index (χ2n) is 4.57. The van der Waals surface area contributed by atoms with Crippen LogP contribution in [0, 0.1) is 5.92 Å². The molecule has 0 aliphatic carbocycles. The van der Waals surface area contributed by atoms with Gasteiger partial charge in [-0.1, -0.05) is 6.92 Å². The molecule has 1 amide bonds. The van der Waals surface area contributed by atoms with Gasteiger partial charge in [-0.15, -0.1) is 0 Å². The van der Waals surface area contributed by atoms with Crippen LogP contribution in [0.4, 0.5) is 13.2 Å². The van der Waals surface area contributed by atoms with Crippen molar-refractivity contribution in [2.24, 2.45) is 5.92 Å². The lowest BCUT2D eigenvalue weighted by molar-refractivity contribution is -0.142. The fourth-order valence-electron chi connectivity index (χ4n) is 1.53. The molecule has 0 saturated carbocycles. The minimum atomic E-state index is -4.54. The Hall–Kier alpha value is -2.12. The first-order valence-electron chi connectivity index (χ1n) is 6.26. The number of rotatable bonds is 6. The summed E-state index contributed by atoms with van der Waals surface area (Å²) >= 11 is 0. The fourth-order valence-corrected chi connectivity index (χ4v) is 1.53. The summed E-state index contributed by atoms with van der Waals surface area (Å²) in [6.45, 7) is 1.81. The topological polar surface area (TPSA) is 79.3 Å². The van der Waals surface area contributed by atoms with E-state index in [0.29, 0.717) is 12.8 Å². The number of hydrogen-bond acceptors (Lipinski definition) is 3. The SMILES string of the molecule is CC(CCCNC(=O)c1ccc(C(F)(F)F)nc1)C(=O)O. The Morgan fingerprint density at radius 3 is 2.52 bits per heavy atom. The fraction of sp³-hybridized carbons (Fsp3) is 0.462. The molecule has 0 radical (unpaired) electrons. The molecule has 116 valence electrons. The van der Waals surface area contributed by atoms with Gasteiger partial charge in [0.1, 0.15) is 5.69 Å². The van der Waals surface area contributed by atoms with E-state index in [-0.39, 0.29) is 12.1 Å². The molecule has 8 heteroatoms. The number of carboxylic acids is 1. The number of amides is 1. The quantitative estimate of drug-likeness (QED) is 0.791. The van der Waals surface area contributed by atoms with Crippen molar-refractivity contribution in [1.82, 2.24) is 10.3 Å². The van der Waals surface area contributed by atoms with Gasteiger partial charge in [0.2, 0.25) is 0 Å². The van der Waals surface area contributed by atoms with Crippen LogP contribution in [0.1, 0.15) is 35.8 Å². The second-order valence-corrected chi connectivity index (χ2v) is 4.57. The van der Waals surface area contributed by atoms with Crippen molar-refractivity contribution < 1.29 is 27.9 Å². The third kappa shape index (κ3) is 5.41. The van der Waals surface area contributed by atoms with Crippen molar-refractivity contribution in [2.45, 2.75) is 25.9 Å². The van der Waals surface area contributed by atoms with E-state index in [1.165, 1.54) is 0 Å². The molecule has 1 unspecified atom stereocenters. The zero-order valence-corrected chi connectivity index (χ0v) is 11.3. The summed E-state index contributed by atoms with van der Waals surface area (Å²) in [5.74, 6) is -1.96. The third-order valence-electron chi connectivity index (χ3n) is 2.84. The van der Waals surface area contributed by atoms with E-state index in [9.17, 15) is 22.8 Å². The maximum atomic E-state index is 12.3. The number of aromatic nitrogens is 1. The van der Waals surface area contributed by atoms with E-state index in [4.69, 9.17) is 5.11 Å². The number of nitrogens with one attached hydrogen (secondary N) is 1. The molecular weight excluding hydrogens is 289 g/mol. The lowest BCUT2D eigenvalue weighted by Gasteiger charge is -2.08. The van der Waals surface area contributed by atoms with Gasteiger partial charge in [-0.2, -0.15) is 13.2 Å². The van der Waals surface area contributed by atoms with Crippen molar-refractivity contribution in [1.29, 1.82) is 0 Å². The van der Waals surface area contributed by atoms with Crippen LogP contribution in [0.25, 0.3) is 0 Å². The highest BCUT2D eigenvalue weighted by molar-refractivity contribution is 5.93. The number of alkyl halides is 3. The van der Waals surface area contributed by atoms with Crippen LogP contribution in [0.15, 0.2) is 18.3 Å². The van der Waals surface area contributed by atoms with E-state index in [1.54, 1.807) is 6.92 Å². The molecule has 0 aromatic carbocycles. The largest absolute Gasteiger partial charge is 0.481 e. The smallest absolute Gasteiger partial charge is 0.433 e. The average Bonchev–Trinajstić information content (AvgIpc) is 2.42. The predicted molar refractivity (Wildman–Crippen MR) is 67.6 cm³/mol. The summed E-state index contributed by atoms with van der Waals surface area (Å²) in [6, 6.07) is 1.78. The van der Waals surface area contributed by atoms with Gasteiger partial charge in [0, 0.05) is 12.7 Å². The van der Waals surface area contributed by atoms with Gasteiger partial charge in [0.15, 0.2) is 0 Å². The van der Waals surface area contributed by atoms with Gasteiger partial charge >= 0.3 is 12.1 Å². The Morgan fingerprint density at radius 2 is 2.05 bits per heavy atom. The molecule has 1 heterocycles. The number of aliphatic carboxylic acids is 1. The van der Waals surface area contributed by atoms with Gasteiger partial charge in [0.05, 0.1) is 11.5 Å². The highest BCUT2D eigenvalue weighted by Crippen LogP contribution is 2.27. The highest BCUT2D eigenvalue weighted by Gasteiger charge is 2.32. The molecule has 0 aliphatic heterocycles. The first-order valence-corrected chi connectivity index (χ1v) is 6.26. The number of carboxylic acid groups (broad SMARTS) is 1. The van der Waals surface area contributed by atoms with Crippen LogP contribution in [0.3, 0.4) is 0 Å². The molecule has 0 fully saturated rings. The molecule has 21 heavy (non-hydrogen) atoms. The van der Waals surface area contributed by atoms with E-state index in [0.717, 1.165) is 18.3 Å². The third-order valence-corrected chi connectivity index (χ3v) is 2.84. The van der Waals surface area contributed by atoms with Crippen molar-refractivity contribution in [3.8, 4) is 0 Å². The summed E-state index contributed by atoms with van der Waals surface area (Å²) in [5.41, 5.74) is -1.04. The standard InChI is InChI=1S/C13H15F3N2O3/c1-8(12(20)21)3-2-6-17-11(19)9-4-5-10(18-7-9)13(14,15)16/h4-5,7-8H,2-3,6H2,1H3,(H,17,19)(H,20,21). The minimum absolute atomic E-state index is 0.0225. The van der Waals surface area contributed by atoms with Crippen LogP contribution in [-0.4, -0.2) is 28.5 Å². The summed E-state index contributed by atoms with van der Waals surface area (Å²) in [7, 11) is 0. The molecule has 0 aliphatic rings. The lowest BCUT2D eigenvalue weighted by Crippen LogP contribution is -2.25. The number of hydrogen-bond donors (Lipinski definition) is 2. The van der Waals surface area contributed by atoms with Crippen molar-refractivity contribution >= 4 is 11.9 Å². The van der Waals surface area contributed by atoms with Crippen molar-refractivity contribution in [3.63, 3.8) is 0 Å². The molecule has 5 nitrogen and oxygen atoms in total. The number of nitrogens with zero attached hydrogens (tertiary/aromatic N) is 1. The first kappa shape index (κ1) is 16.9. The molecule has 0 spiro atoms. The van der Waals surface area contributed by atoms with Crippen LogP contribution in [0.5, 0.6) is 0 Å². The number of pyridine rings is 1. The Balaban J connectivity index is 2.44. The molecule has 0 bridgehead atoms. The Bertz CT molecular complexity index is 500. The molecule has 0 saturated heterocycles. The zero-order valence-electron chi connectivity index (χ0n) is 11.3. The molecule has 1 aromatic heterocycles. The van der Waals surface area contributed by atoms with Gasteiger partial charge in [-0.3, -0.25) is 14.6 Å². The predicted octanol–water partition coefficient (Wildman–Crippen LogP) is 2.33. The Labute approximate surface area is 119 Å². The Kier molecular flexibility index (Phi) is 5.69. The van der Waals surface area contributed by atoms with Crippen LogP contribution < -0.4 is 5.32 Å². The monoisotopic (exact) mass is 304 g/mol. The van der Waals surface area contributed by atoms with Crippen LogP contribution in [-0.2, 0) is 11.0 Å². The molecule has 2 N–H and O–H groups in total. The van der Waals surface area contributed by atoms with Crippen molar-refractivity contribution in [3.05, 3.63) is 29.6 Å². The summed E-state index contributed by atoms with van der Waals surface area (Å²) in [5, 5.41) is 11.2. The first-order chi connectivity index (χ1) is 9.71. The highest BCUT2D eigenvalue weighted by atomic mass is 19.4. The molecule has 1 atom stereocenters. The van der Waals surface area contributed by atoms with Crippen LogP contribution >= 0.6 is 0 Å². The number of carbonyl (C=O) groups excluding carboxylic acids is 1. The Morgan fingerprint density at radius 1 is 1.38 bits per heavy atom. The van der Waals surface area contributed by atoms with Gasteiger partial charge in [-0.05, 0) is 25.0 Å². The second kappa shape index (κ2) is 7.05. The van der Waals surface area contributed by atoms with E-state index < -0.39 is 29.7 Å². The maximum Gasteiger partial charge on any atom is 0.433 e. The molecule has 1 rings (SSSR count). The zero-order chi connectivity index (χ0) is 16.0. The summed E-state index contributed by atoms with van der Waals surface area (Å²) in [6.07, 6.45) is -2.81. The average molecular weight is 304 g/mol. The van der Waals surface area contributed by atoms with Gasteiger partial charge in [0.25, 0.3) is 5.91 Å². The normalized spacial score (nSPS) is 12.8. The lowest BCUT2D eigenvalue weighted by atomic mass is 10.1. The minimum Gasteiger partial charge on any atom is -0.481 e. The number of carbonyl (C=O) groups is 2. The summed E-state index contributed by atoms with van der Waals surface area (Å²) in [4.78, 5) is 25.4. The number of halogens is 3. The van der Waals surface area contributed by atoms with Gasteiger partial charge < -0.3 is 10.4 Å². The van der Waals surface area contributed by atoms with Gasteiger partial charge in [-0.25, -0.2) is 0 Å². The molecular formula is C13H15F3N2O3.